The van der Waals surface area contributed by atoms with Gasteiger partial charge in [0.1, 0.15) is 11.6 Å². The number of fused-ring (bicyclic) bond motifs is 1. The van der Waals surface area contributed by atoms with Crippen molar-refractivity contribution in [2.45, 2.75) is 26.0 Å². The SMILES string of the molecule is Cc1ccc2c(c1)N(C)C(=O)C(C)(C(=O)N1CCN(Cc3cccc(F)c3)CC1)O2. The van der Waals surface area contributed by atoms with Crippen molar-refractivity contribution in [2.75, 3.05) is 38.1 Å². The quantitative estimate of drug-likeness (QED) is 0.729. The molecule has 2 aliphatic rings. The summed E-state index contributed by atoms with van der Waals surface area (Å²) < 4.78 is 19.4. The number of anilines is 1. The van der Waals surface area contributed by atoms with Crippen LogP contribution in [0.15, 0.2) is 42.5 Å². The van der Waals surface area contributed by atoms with E-state index in [1.807, 2.05) is 25.1 Å². The summed E-state index contributed by atoms with van der Waals surface area (Å²) in [4.78, 5) is 31.7. The van der Waals surface area contributed by atoms with Gasteiger partial charge in [-0.05, 0) is 49.2 Å². The maximum absolute atomic E-state index is 13.4. The number of nitrogens with zero attached hydrogens (tertiary/aromatic N) is 3. The normalized spacial score (nSPS) is 21.9. The molecule has 2 aromatic carbocycles. The average Bonchev–Trinajstić information content (AvgIpc) is 2.73. The van der Waals surface area contributed by atoms with Crippen LogP contribution in [-0.4, -0.2) is 60.4 Å². The van der Waals surface area contributed by atoms with Crippen molar-refractivity contribution in [3.8, 4) is 5.75 Å². The van der Waals surface area contributed by atoms with Crippen LogP contribution in [0.25, 0.3) is 0 Å². The summed E-state index contributed by atoms with van der Waals surface area (Å²) in [5.41, 5.74) is 1.01. The molecule has 4 rings (SSSR count). The number of ether oxygens (including phenoxy) is 1. The van der Waals surface area contributed by atoms with Crippen LogP contribution in [0, 0.1) is 12.7 Å². The lowest BCUT2D eigenvalue weighted by Crippen LogP contribution is -2.64. The molecule has 7 heteroatoms. The van der Waals surface area contributed by atoms with E-state index < -0.39 is 5.60 Å². The number of carbonyl (C=O) groups excluding carboxylic acids is 2. The fraction of sp³-hybridized carbons (Fsp3) is 0.391. The maximum Gasteiger partial charge on any atom is 0.280 e. The molecule has 2 aromatic rings. The Bertz CT molecular complexity index is 987. The molecule has 158 valence electrons. The van der Waals surface area contributed by atoms with Crippen LogP contribution < -0.4 is 9.64 Å². The zero-order valence-corrected chi connectivity index (χ0v) is 17.5. The van der Waals surface area contributed by atoms with Crippen LogP contribution in [0.2, 0.25) is 0 Å². The molecule has 0 saturated carbocycles. The summed E-state index contributed by atoms with van der Waals surface area (Å²) in [5.74, 6) is -0.408. The number of piperazine rings is 1. The molecule has 0 aliphatic carbocycles. The van der Waals surface area contributed by atoms with Crippen LogP contribution in [0.1, 0.15) is 18.1 Å². The molecule has 2 aliphatic heterocycles. The van der Waals surface area contributed by atoms with Gasteiger partial charge in [0.15, 0.2) is 0 Å². The first-order chi connectivity index (χ1) is 14.3. The number of amides is 2. The van der Waals surface area contributed by atoms with Crippen LogP contribution in [0.3, 0.4) is 0 Å². The average molecular weight is 411 g/mol. The van der Waals surface area contributed by atoms with Gasteiger partial charge in [-0.15, -0.1) is 0 Å². The summed E-state index contributed by atoms with van der Waals surface area (Å²) in [5, 5.41) is 0. The molecule has 2 heterocycles. The smallest absolute Gasteiger partial charge is 0.280 e. The molecule has 6 nitrogen and oxygen atoms in total. The van der Waals surface area contributed by atoms with E-state index in [0.717, 1.165) is 11.1 Å². The lowest BCUT2D eigenvalue weighted by molar-refractivity contribution is -0.157. The van der Waals surface area contributed by atoms with Crippen LogP contribution in [0.5, 0.6) is 5.75 Å². The van der Waals surface area contributed by atoms with Crippen molar-refractivity contribution in [3.05, 3.63) is 59.4 Å². The Labute approximate surface area is 175 Å². The Hall–Kier alpha value is -2.93. The number of hydrogen-bond donors (Lipinski definition) is 0. The molecule has 1 atom stereocenters. The van der Waals surface area contributed by atoms with Crippen molar-refractivity contribution >= 4 is 17.5 Å². The fourth-order valence-corrected chi connectivity index (χ4v) is 4.11. The molecule has 0 radical (unpaired) electrons. The van der Waals surface area contributed by atoms with Gasteiger partial charge in [0.05, 0.1) is 5.69 Å². The highest BCUT2D eigenvalue weighted by molar-refractivity contribution is 6.16. The highest BCUT2D eigenvalue weighted by Crippen LogP contribution is 2.38. The third kappa shape index (κ3) is 3.65. The van der Waals surface area contributed by atoms with E-state index in [1.54, 1.807) is 31.0 Å². The third-order valence-corrected chi connectivity index (χ3v) is 5.87. The molecule has 0 bridgehead atoms. The third-order valence-electron chi connectivity index (χ3n) is 5.87. The van der Waals surface area contributed by atoms with Gasteiger partial charge in [-0.1, -0.05) is 18.2 Å². The Balaban J connectivity index is 1.44. The van der Waals surface area contributed by atoms with E-state index in [-0.39, 0.29) is 17.6 Å². The summed E-state index contributed by atoms with van der Waals surface area (Å²) in [6.07, 6.45) is 0. The van der Waals surface area contributed by atoms with Gasteiger partial charge in [-0.25, -0.2) is 4.39 Å². The molecular formula is C23H26FN3O3. The number of benzene rings is 2. The molecule has 30 heavy (non-hydrogen) atoms. The van der Waals surface area contributed by atoms with Gasteiger partial charge < -0.3 is 14.5 Å². The van der Waals surface area contributed by atoms with Crippen molar-refractivity contribution in [2.24, 2.45) is 0 Å². The van der Waals surface area contributed by atoms with Gasteiger partial charge in [0, 0.05) is 39.8 Å². The molecule has 1 fully saturated rings. The zero-order valence-electron chi connectivity index (χ0n) is 17.5. The summed E-state index contributed by atoms with van der Waals surface area (Å²) in [7, 11) is 1.67. The molecule has 0 aromatic heterocycles. The number of likely N-dealkylation sites (N-methyl/N-ethyl adjacent to an activating group) is 1. The number of rotatable bonds is 3. The monoisotopic (exact) mass is 411 g/mol. The van der Waals surface area contributed by atoms with E-state index in [2.05, 4.69) is 4.90 Å². The number of carbonyl (C=O) groups is 2. The van der Waals surface area contributed by atoms with Crippen molar-refractivity contribution < 1.29 is 18.7 Å². The van der Waals surface area contributed by atoms with E-state index in [4.69, 9.17) is 4.74 Å². The predicted octanol–water partition coefficient (Wildman–Crippen LogP) is 2.59. The Morgan fingerprint density at radius 1 is 1.13 bits per heavy atom. The van der Waals surface area contributed by atoms with E-state index in [1.165, 1.54) is 17.0 Å². The second kappa shape index (κ2) is 7.72. The molecular weight excluding hydrogens is 385 g/mol. The Morgan fingerprint density at radius 3 is 2.57 bits per heavy atom. The highest BCUT2D eigenvalue weighted by Gasteiger charge is 2.51. The maximum atomic E-state index is 13.4. The van der Waals surface area contributed by atoms with Crippen LogP contribution in [-0.2, 0) is 16.1 Å². The zero-order chi connectivity index (χ0) is 21.5. The first kappa shape index (κ1) is 20.3. The summed E-state index contributed by atoms with van der Waals surface area (Å²) >= 11 is 0. The minimum atomic E-state index is -1.58. The minimum absolute atomic E-state index is 0.248. The largest absolute Gasteiger partial charge is 0.465 e. The van der Waals surface area contributed by atoms with Crippen LogP contribution in [0.4, 0.5) is 10.1 Å². The minimum Gasteiger partial charge on any atom is -0.465 e. The topological polar surface area (TPSA) is 53.1 Å². The molecule has 1 unspecified atom stereocenters. The molecule has 0 N–H and O–H groups in total. The number of halogens is 1. The molecule has 0 spiro atoms. The molecule has 1 saturated heterocycles. The number of aryl methyl sites for hydroxylation is 1. The summed E-state index contributed by atoms with van der Waals surface area (Å²) in [6, 6.07) is 12.1. The number of hydrogen-bond acceptors (Lipinski definition) is 4. The lowest BCUT2D eigenvalue weighted by atomic mass is 9.98. The second-order valence-corrected chi connectivity index (χ2v) is 8.17. The predicted molar refractivity (Wildman–Crippen MR) is 112 cm³/mol. The van der Waals surface area contributed by atoms with Crippen LogP contribution >= 0.6 is 0 Å². The fourth-order valence-electron chi connectivity index (χ4n) is 4.11. The van der Waals surface area contributed by atoms with Crippen molar-refractivity contribution in [3.63, 3.8) is 0 Å². The van der Waals surface area contributed by atoms with Gasteiger partial charge in [-0.3, -0.25) is 14.5 Å². The van der Waals surface area contributed by atoms with Gasteiger partial charge in [0.25, 0.3) is 17.4 Å². The van der Waals surface area contributed by atoms with Crippen molar-refractivity contribution in [1.82, 2.24) is 9.80 Å². The lowest BCUT2D eigenvalue weighted by Gasteiger charge is -2.42. The second-order valence-electron chi connectivity index (χ2n) is 8.17. The standard InChI is InChI=1S/C23H26FN3O3/c1-16-7-8-20-19(13-16)25(3)21(28)23(2,30-20)22(29)27-11-9-26(10-12-27)15-17-5-4-6-18(24)14-17/h4-8,13-14H,9-12,15H2,1-3H3. The first-order valence-electron chi connectivity index (χ1n) is 10.1. The van der Waals surface area contributed by atoms with E-state index in [9.17, 15) is 14.0 Å². The van der Waals surface area contributed by atoms with Crippen molar-refractivity contribution in [1.29, 1.82) is 0 Å². The van der Waals surface area contributed by atoms with Gasteiger partial charge in [-0.2, -0.15) is 0 Å². The Morgan fingerprint density at radius 2 is 1.87 bits per heavy atom. The summed E-state index contributed by atoms with van der Waals surface area (Å²) in [6.45, 7) is 6.41. The molecule has 2 amide bonds. The Kier molecular flexibility index (Phi) is 5.24. The van der Waals surface area contributed by atoms with E-state index in [0.29, 0.717) is 44.2 Å². The first-order valence-corrected chi connectivity index (χ1v) is 10.1. The van der Waals surface area contributed by atoms with E-state index >= 15 is 0 Å². The van der Waals surface area contributed by atoms with Gasteiger partial charge in [0.2, 0.25) is 0 Å². The highest BCUT2D eigenvalue weighted by atomic mass is 19.1. The van der Waals surface area contributed by atoms with Gasteiger partial charge >= 0.3 is 0 Å².